The highest BCUT2D eigenvalue weighted by molar-refractivity contribution is 6.31. The summed E-state index contributed by atoms with van der Waals surface area (Å²) in [5, 5.41) is 15.9. The Labute approximate surface area is 225 Å². The summed E-state index contributed by atoms with van der Waals surface area (Å²) in [5.41, 5.74) is 1.87. The summed E-state index contributed by atoms with van der Waals surface area (Å²) in [7, 11) is 3.14. The van der Waals surface area contributed by atoms with E-state index in [1.54, 1.807) is 56.6 Å². The molecule has 4 aromatic rings. The standard InChI is InChI=1S/C28H29ClN4O5/c1-28(16-37-3)27(35)33(11-12-36-2)22-15-31-26-23(24(22)32-28)20(14-30-26)25(34)19-10-9-18(13-21(19)29)38-17-7-5-4-6-8-17/h4-10,13-15,25,32,34H,11-12,16H2,1-3H3,(H,30,31)/t25?,28-/m0/s1. The first-order valence-electron chi connectivity index (χ1n) is 12.1. The highest BCUT2D eigenvalue weighted by Gasteiger charge is 2.44. The number of nitrogens with one attached hydrogen (secondary N) is 2. The molecule has 2 atom stereocenters. The fourth-order valence-corrected chi connectivity index (χ4v) is 5.04. The van der Waals surface area contributed by atoms with Crippen LogP contribution in [0.3, 0.4) is 0 Å². The van der Waals surface area contributed by atoms with Crippen molar-refractivity contribution >= 4 is 39.9 Å². The van der Waals surface area contributed by atoms with Gasteiger partial charge in [-0.1, -0.05) is 35.9 Å². The van der Waals surface area contributed by atoms with Crippen LogP contribution in [-0.2, 0) is 14.3 Å². The number of aliphatic hydroxyl groups excluding tert-OH is 1. The van der Waals surface area contributed by atoms with Gasteiger partial charge in [-0.15, -0.1) is 0 Å². The highest BCUT2D eigenvalue weighted by atomic mass is 35.5. The lowest BCUT2D eigenvalue weighted by Gasteiger charge is -2.41. The Morgan fingerprint density at radius 2 is 1.89 bits per heavy atom. The molecule has 1 unspecified atom stereocenters. The number of pyridine rings is 1. The quantitative estimate of drug-likeness (QED) is 0.279. The third kappa shape index (κ3) is 4.69. The van der Waals surface area contributed by atoms with Gasteiger partial charge in [0.1, 0.15) is 28.8 Å². The van der Waals surface area contributed by atoms with Gasteiger partial charge in [0.05, 0.1) is 41.2 Å². The van der Waals surface area contributed by atoms with Crippen LogP contribution >= 0.6 is 11.6 Å². The van der Waals surface area contributed by atoms with E-state index in [9.17, 15) is 9.90 Å². The average molecular weight is 537 g/mol. The molecule has 38 heavy (non-hydrogen) atoms. The molecule has 1 aliphatic heterocycles. The lowest BCUT2D eigenvalue weighted by Crippen LogP contribution is -2.58. The van der Waals surface area contributed by atoms with E-state index in [0.717, 1.165) is 0 Å². The normalized spacial score (nSPS) is 17.8. The van der Waals surface area contributed by atoms with Crippen molar-refractivity contribution in [1.29, 1.82) is 0 Å². The summed E-state index contributed by atoms with van der Waals surface area (Å²) >= 11 is 6.62. The molecular formula is C28H29ClN4O5. The molecule has 0 fully saturated rings. The SMILES string of the molecule is COCCN1C(=O)[C@](C)(COC)Nc2c1cnc1[nH]cc(C(O)c3ccc(Oc4ccccc4)cc3Cl)c21. The number of benzene rings is 2. The van der Waals surface area contributed by atoms with E-state index in [4.69, 9.17) is 25.8 Å². The maximum Gasteiger partial charge on any atom is 0.254 e. The molecule has 0 radical (unpaired) electrons. The monoisotopic (exact) mass is 536 g/mol. The smallest absolute Gasteiger partial charge is 0.254 e. The summed E-state index contributed by atoms with van der Waals surface area (Å²) in [4.78, 5) is 22.8. The number of H-pyrrole nitrogens is 1. The van der Waals surface area contributed by atoms with Gasteiger partial charge >= 0.3 is 0 Å². The van der Waals surface area contributed by atoms with Gasteiger partial charge in [0.2, 0.25) is 0 Å². The number of ether oxygens (including phenoxy) is 3. The summed E-state index contributed by atoms with van der Waals surface area (Å²) in [6.07, 6.45) is 2.27. The summed E-state index contributed by atoms with van der Waals surface area (Å²) in [5.74, 6) is 1.09. The van der Waals surface area contributed by atoms with Crippen molar-refractivity contribution < 1.29 is 24.1 Å². The van der Waals surface area contributed by atoms with Gasteiger partial charge in [-0.05, 0) is 31.2 Å². The number of amides is 1. The Bertz CT molecular complexity index is 1460. The fraction of sp³-hybridized carbons (Fsp3) is 0.286. The summed E-state index contributed by atoms with van der Waals surface area (Å²) in [6, 6.07) is 14.6. The molecule has 0 bridgehead atoms. The number of fused-ring (bicyclic) bond motifs is 3. The molecule has 5 rings (SSSR count). The van der Waals surface area contributed by atoms with Crippen molar-refractivity contribution in [3.05, 3.63) is 77.1 Å². The van der Waals surface area contributed by atoms with E-state index >= 15 is 0 Å². The third-order valence-corrected chi connectivity index (χ3v) is 6.94. The topological polar surface area (TPSA) is 109 Å². The lowest BCUT2D eigenvalue weighted by atomic mass is 9.94. The van der Waals surface area contributed by atoms with Gasteiger partial charge in [-0.25, -0.2) is 4.98 Å². The van der Waals surface area contributed by atoms with E-state index in [0.29, 0.717) is 63.2 Å². The highest BCUT2D eigenvalue weighted by Crippen LogP contribution is 2.44. The van der Waals surface area contributed by atoms with Crippen LogP contribution in [0, 0.1) is 0 Å². The van der Waals surface area contributed by atoms with E-state index in [1.807, 2.05) is 30.3 Å². The zero-order chi connectivity index (χ0) is 26.9. The van der Waals surface area contributed by atoms with Crippen LogP contribution in [-0.4, -0.2) is 60.5 Å². The zero-order valence-electron chi connectivity index (χ0n) is 21.3. The second kappa shape index (κ2) is 10.6. The minimum atomic E-state index is -1.07. The molecule has 1 aliphatic rings. The largest absolute Gasteiger partial charge is 0.457 e. The van der Waals surface area contributed by atoms with E-state index < -0.39 is 11.6 Å². The van der Waals surface area contributed by atoms with Crippen LogP contribution in [0.25, 0.3) is 11.0 Å². The van der Waals surface area contributed by atoms with Crippen molar-refractivity contribution in [2.45, 2.75) is 18.6 Å². The minimum Gasteiger partial charge on any atom is -0.457 e. The number of methoxy groups -OCH3 is 2. The molecule has 1 amide bonds. The van der Waals surface area contributed by atoms with Gasteiger partial charge in [-0.2, -0.15) is 0 Å². The van der Waals surface area contributed by atoms with Crippen LogP contribution in [0.5, 0.6) is 11.5 Å². The van der Waals surface area contributed by atoms with Gasteiger partial charge in [-0.3, -0.25) is 4.79 Å². The molecule has 0 saturated carbocycles. The number of rotatable bonds is 9. The van der Waals surface area contributed by atoms with Gasteiger partial charge < -0.3 is 34.5 Å². The lowest BCUT2D eigenvalue weighted by molar-refractivity contribution is -0.124. The number of nitrogens with zero attached hydrogens (tertiary/aromatic N) is 2. The van der Waals surface area contributed by atoms with Crippen molar-refractivity contribution in [3.63, 3.8) is 0 Å². The van der Waals surface area contributed by atoms with Gasteiger partial charge in [0.15, 0.2) is 0 Å². The summed E-state index contributed by atoms with van der Waals surface area (Å²) in [6.45, 7) is 2.63. The zero-order valence-corrected chi connectivity index (χ0v) is 22.1. The number of carbonyl (C=O) groups excluding carboxylic acids is 1. The number of hydrogen-bond acceptors (Lipinski definition) is 7. The number of carbonyl (C=O) groups is 1. The van der Waals surface area contributed by atoms with Gasteiger partial charge in [0, 0.05) is 38.1 Å². The van der Waals surface area contributed by atoms with Gasteiger partial charge in [0.25, 0.3) is 5.91 Å². The first-order valence-corrected chi connectivity index (χ1v) is 12.5. The maximum absolute atomic E-state index is 13.4. The molecule has 2 aromatic carbocycles. The average Bonchev–Trinajstić information content (AvgIpc) is 3.34. The van der Waals surface area contributed by atoms with E-state index in [-0.39, 0.29) is 12.5 Å². The molecule has 0 aliphatic carbocycles. The Morgan fingerprint density at radius 1 is 1.11 bits per heavy atom. The molecule has 198 valence electrons. The first-order chi connectivity index (χ1) is 18.4. The van der Waals surface area contributed by atoms with Crippen molar-refractivity contribution in [2.24, 2.45) is 0 Å². The van der Waals surface area contributed by atoms with Crippen molar-refractivity contribution in [3.8, 4) is 11.5 Å². The Morgan fingerprint density at radius 3 is 2.61 bits per heavy atom. The van der Waals surface area contributed by atoms with Crippen LogP contribution in [0.15, 0.2) is 60.9 Å². The Balaban J connectivity index is 1.55. The number of hydrogen-bond donors (Lipinski definition) is 3. The molecule has 0 spiro atoms. The van der Waals surface area contributed by atoms with Crippen LogP contribution in [0.2, 0.25) is 5.02 Å². The predicted octanol–water partition coefficient (Wildman–Crippen LogP) is 4.90. The van der Waals surface area contributed by atoms with E-state index in [1.165, 1.54) is 0 Å². The van der Waals surface area contributed by atoms with Crippen molar-refractivity contribution in [1.82, 2.24) is 9.97 Å². The minimum absolute atomic E-state index is 0.148. The number of anilines is 2. The number of para-hydroxylation sites is 1. The van der Waals surface area contributed by atoms with Crippen LogP contribution in [0.4, 0.5) is 11.4 Å². The molecule has 3 N–H and O–H groups in total. The first kappa shape index (κ1) is 26.0. The third-order valence-electron chi connectivity index (χ3n) is 6.61. The number of halogens is 1. The number of aliphatic hydroxyl groups is 1. The fourth-order valence-electron chi connectivity index (χ4n) is 4.77. The molecule has 9 nitrogen and oxygen atoms in total. The summed E-state index contributed by atoms with van der Waals surface area (Å²) < 4.78 is 16.5. The second-order valence-electron chi connectivity index (χ2n) is 9.33. The number of aromatic amines is 1. The van der Waals surface area contributed by atoms with Crippen LogP contribution in [0.1, 0.15) is 24.2 Å². The number of aromatic nitrogens is 2. The van der Waals surface area contributed by atoms with E-state index in [2.05, 4.69) is 15.3 Å². The predicted molar refractivity (Wildman–Crippen MR) is 146 cm³/mol. The molecule has 2 aromatic heterocycles. The van der Waals surface area contributed by atoms with Crippen LogP contribution < -0.4 is 15.0 Å². The molecule has 0 saturated heterocycles. The maximum atomic E-state index is 13.4. The van der Waals surface area contributed by atoms with Crippen molar-refractivity contribution in [2.75, 3.05) is 44.2 Å². The molecule has 10 heteroatoms. The molecular weight excluding hydrogens is 508 g/mol. The molecule has 3 heterocycles. The Hall–Kier alpha value is -3.63. The Kier molecular flexibility index (Phi) is 7.27. The second-order valence-corrected chi connectivity index (χ2v) is 9.73.